The third kappa shape index (κ3) is 4.83. The fourth-order valence-corrected chi connectivity index (χ4v) is 4.63. The Labute approximate surface area is 195 Å². The van der Waals surface area contributed by atoms with Gasteiger partial charge in [-0.25, -0.2) is 0 Å². The molecule has 0 atom stereocenters. The van der Waals surface area contributed by atoms with Crippen molar-refractivity contribution in [3.63, 3.8) is 0 Å². The minimum Gasteiger partial charge on any atom is -0.369 e. The van der Waals surface area contributed by atoms with E-state index in [4.69, 9.17) is 9.51 Å². The molecule has 0 saturated carbocycles. The molecule has 3 aromatic carbocycles. The lowest BCUT2D eigenvalue weighted by Crippen LogP contribution is -2.46. The quantitative estimate of drug-likeness (QED) is 0.415. The van der Waals surface area contributed by atoms with Crippen LogP contribution in [-0.4, -0.2) is 41.2 Å². The van der Waals surface area contributed by atoms with Crippen molar-refractivity contribution in [2.45, 2.75) is 26.3 Å². The van der Waals surface area contributed by atoms with Crippen LogP contribution < -0.4 is 4.90 Å². The van der Waals surface area contributed by atoms with E-state index >= 15 is 0 Å². The zero-order valence-corrected chi connectivity index (χ0v) is 19.3. The van der Waals surface area contributed by atoms with Gasteiger partial charge in [0, 0.05) is 31.9 Å². The van der Waals surface area contributed by atoms with Gasteiger partial charge in [-0.2, -0.15) is 4.98 Å². The molecule has 5 heteroatoms. The first-order valence-corrected chi connectivity index (χ1v) is 11.6. The van der Waals surface area contributed by atoms with Gasteiger partial charge >= 0.3 is 0 Å². The third-order valence-corrected chi connectivity index (χ3v) is 6.44. The number of aryl methyl sites for hydroxylation is 2. The smallest absolute Gasteiger partial charge is 0.240 e. The largest absolute Gasteiger partial charge is 0.369 e. The summed E-state index contributed by atoms with van der Waals surface area (Å²) >= 11 is 0. The van der Waals surface area contributed by atoms with Gasteiger partial charge in [-0.15, -0.1) is 0 Å². The van der Waals surface area contributed by atoms with Gasteiger partial charge < -0.3 is 9.42 Å². The molecule has 33 heavy (non-hydrogen) atoms. The van der Waals surface area contributed by atoms with E-state index in [-0.39, 0.29) is 5.92 Å². The Morgan fingerprint density at radius 3 is 2.09 bits per heavy atom. The predicted molar refractivity (Wildman–Crippen MR) is 132 cm³/mol. The Morgan fingerprint density at radius 1 is 0.818 bits per heavy atom. The van der Waals surface area contributed by atoms with Crippen LogP contribution in [-0.2, 0) is 6.54 Å². The monoisotopic (exact) mass is 438 g/mol. The molecule has 4 aromatic rings. The molecule has 5 rings (SSSR count). The van der Waals surface area contributed by atoms with Crippen LogP contribution in [0.2, 0.25) is 0 Å². The van der Waals surface area contributed by atoms with Crippen LogP contribution in [0.4, 0.5) is 5.69 Å². The Morgan fingerprint density at radius 2 is 1.45 bits per heavy atom. The number of piperazine rings is 1. The molecule has 0 aliphatic carbocycles. The second-order valence-corrected chi connectivity index (χ2v) is 8.85. The number of aromatic nitrogens is 2. The Balaban J connectivity index is 1.28. The van der Waals surface area contributed by atoms with Crippen LogP contribution in [0, 0.1) is 13.8 Å². The van der Waals surface area contributed by atoms with Crippen molar-refractivity contribution in [2.75, 3.05) is 31.1 Å². The lowest BCUT2D eigenvalue weighted by Gasteiger charge is -2.36. The molecule has 0 bridgehead atoms. The molecule has 0 amide bonds. The highest BCUT2D eigenvalue weighted by Gasteiger charge is 2.24. The zero-order chi connectivity index (χ0) is 22.6. The average Bonchev–Trinajstić information content (AvgIpc) is 3.30. The molecule has 1 aliphatic heterocycles. The van der Waals surface area contributed by atoms with Crippen LogP contribution in [0.15, 0.2) is 83.4 Å². The number of anilines is 1. The van der Waals surface area contributed by atoms with E-state index in [0.717, 1.165) is 43.1 Å². The zero-order valence-electron chi connectivity index (χ0n) is 19.3. The lowest BCUT2D eigenvalue weighted by molar-refractivity contribution is 0.215. The number of nitrogens with zero attached hydrogens (tertiary/aromatic N) is 4. The summed E-state index contributed by atoms with van der Waals surface area (Å²) < 4.78 is 5.72. The summed E-state index contributed by atoms with van der Waals surface area (Å²) in [6, 6.07) is 27.5. The first-order chi connectivity index (χ1) is 16.2. The maximum absolute atomic E-state index is 5.72. The first-order valence-electron chi connectivity index (χ1n) is 11.6. The average molecular weight is 439 g/mol. The summed E-state index contributed by atoms with van der Waals surface area (Å²) in [7, 11) is 0. The van der Waals surface area contributed by atoms with Crippen LogP contribution in [0.3, 0.4) is 0 Å². The molecule has 1 aliphatic rings. The maximum Gasteiger partial charge on any atom is 0.240 e. The van der Waals surface area contributed by atoms with Crippen molar-refractivity contribution in [2.24, 2.45) is 0 Å². The van der Waals surface area contributed by atoms with Crippen molar-refractivity contribution in [1.82, 2.24) is 15.0 Å². The first kappa shape index (κ1) is 21.4. The molecule has 168 valence electrons. The SMILES string of the molecule is Cc1ccc(C)c(N2CCN(Cc3nc(C(c4ccccc4)c4ccccc4)no3)CC2)c1. The van der Waals surface area contributed by atoms with Crippen molar-refractivity contribution in [1.29, 1.82) is 0 Å². The van der Waals surface area contributed by atoms with Gasteiger partial charge in [0.2, 0.25) is 5.89 Å². The van der Waals surface area contributed by atoms with Gasteiger partial charge in [0.1, 0.15) is 0 Å². The van der Waals surface area contributed by atoms with E-state index in [2.05, 4.69) is 95.5 Å². The van der Waals surface area contributed by atoms with Gasteiger partial charge in [-0.3, -0.25) is 4.90 Å². The van der Waals surface area contributed by atoms with Crippen molar-refractivity contribution in [3.05, 3.63) is 113 Å². The summed E-state index contributed by atoms with van der Waals surface area (Å²) in [5.41, 5.74) is 6.32. The van der Waals surface area contributed by atoms with E-state index in [1.807, 2.05) is 12.1 Å². The van der Waals surface area contributed by atoms with Crippen molar-refractivity contribution in [3.8, 4) is 0 Å². The molecule has 1 fully saturated rings. The lowest BCUT2D eigenvalue weighted by atomic mass is 9.91. The molecule has 5 nitrogen and oxygen atoms in total. The van der Waals surface area contributed by atoms with E-state index in [9.17, 15) is 0 Å². The van der Waals surface area contributed by atoms with Crippen LogP contribution in [0.25, 0.3) is 0 Å². The second kappa shape index (κ2) is 9.59. The standard InChI is InChI=1S/C28H30N4O/c1-21-13-14-22(2)25(19-21)32-17-15-31(16-18-32)20-26-29-28(30-33-26)27(23-9-5-3-6-10-23)24-11-7-4-8-12-24/h3-14,19,27H,15-18,20H2,1-2H3. The van der Waals surface area contributed by atoms with E-state index in [1.54, 1.807) is 0 Å². The van der Waals surface area contributed by atoms with Gasteiger partial charge in [-0.05, 0) is 42.2 Å². The maximum atomic E-state index is 5.72. The summed E-state index contributed by atoms with van der Waals surface area (Å²) in [5, 5.41) is 4.40. The normalized spacial score (nSPS) is 14.7. The Kier molecular flexibility index (Phi) is 6.22. The molecular weight excluding hydrogens is 408 g/mol. The van der Waals surface area contributed by atoms with Gasteiger partial charge in [0.15, 0.2) is 5.82 Å². The topological polar surface area (TPSA) is 45.4 Å². The number of hydrogen-bond donors (Lipinski definition) is 0. The fourth-order valence-electron chi connectivity index (χ4n) is 4.63. The number of rotatable bonds is 6. The number of hydrogen-bond acceptors (Lipinski definition) is 5. The minimum absolute atomic E-state index is 0.0361. The molecule has 2 heterocycles. The highest BCUT2D eigenvalue weighted by atomic mass is 16.5. The van der Waals surface area contributed by atoms with E-state index in [1.165, 1.54) is 16.8 Å². The molecule has 0 N–H and O–H groups in total. The van der Waals surface area contributed by atoms with E-state index < -0.39 is 0 Å². The third-order valence-electron chi connectivity index (χ3n) is 6.44. The van der Waals surface area contributed by atoms with E-state index in [0.29, 0.717) is 12.4 Å². The summed E-state index contributed by atoms with van der Waals surface area (Å²) in [5.74, 6) is 1.37. The van der Waals surface area contributed by atoms with Crippen molar-refractivity contribution < 1.29 is 4.52 Å². The second-order valence-electron chi connectivity index (χ2n) is 8.85. The van der Waals surface area contributed by atoms with Crippen molar-refractivity contribution >= 4 is 5.69 Å². The molecule has 1 saturated heterocycles. The number of benzene rings is 3. The molecule has 0 unspecified atom stereocenters. The van der Waals surface area contributed by atoms with Crippen LogP contribution >= 0.6 is 0 Å². The highest BCUT2D eigenvalue weighted by molar-refractivity contribution is 5.55. The summed E-state index contributed by atoms with van der Waals surface area (Å²) in [6.07, 6.45) is 0. The highest BCUT2D eigenvalue weighted by Crippen LogP contribution is 2.30. The molecule has 1 aromatic heterocycles. The van der Waals surface area contributed by atoms with Crippen LogP contribution in [0.5, 0.6) is 0 Å². The fraction of sp³-hybridized carbons (Fsp3) is 0.286. The summed E-state index contributed by atoms with van der Waals surface area (Å²) in [4.78, 5) is 9.71. The van der Waals surface area contributed by atoms with Gasteiger partial charge in [0.25, 0.3) is 0 Å². The predicted octanol–water partition coefficient (Wildman–Crippen LogP) is 5.19. The molecular formula is C28H30N4O. The van der Waals surface area contributed by atoms with Crippen LogP contribution in [0.1, 0.15) is 39.9 Å². The summed E-state index contributed by atoms with van der Waals surface area (Å²) in [6.45, 7) is 8.99. The molecule has 0 spiro atoms. The van der Waals surface area contributed by atoms with Gasteiger partial charge in [0.05, 0.1) is 12.5 Å². The minimum atomic E-state index is -0.0361. The Hall–Kier alpha value is -3.44. The van der Waals surface area contributed by atoms with Gasteiger partial charge in [-0.1, -0.05) is 78.0 Å². The molecule has 0 radical (unpaired) electrons. The Bertz CT molecular complexity index is 1140.